The van der Waals surface area contributed by atoms with Crippen LogP contribution in [-0.2, 0) is 9.53 Å². The number of hydrazone groups is 1. The van der Waals surface area contributed by atoms with E-state index in [1.807, 2.05) is 0 Å². The summed E-state index contributed by atoms with van der Waals surface area (Å²) in [5, 5.41) is 26.9. The predicted molar refractivity (Wildman–Crippen MR) is 113 cm³/mol. The smallest absolute Gasteiger partial charge is 0.287 e. The van der Waals surface area contributed by atoms with E-state index in [9.17, 15) is 25.0 Å². The SMILES string of the molecule is CC(=O)N1N=C(c2ccc([N+](=O)[O-])cc2)O[C@H]1c1ccc(Oc2ccc([N+](=O)[O-])cn2)cc1. The fourth-order valence-electron chi connectivity index (χ4n) is 2.99. The van der Waals surface area contributed by atoms with Crippen LogP contribution in [0.25, 0.3) is 0 Å². The summed E-state index contributed by atoms with van der Waals surface area (Å²) in [4.78, 5) is 36.5. The Morgan fingerprint density at radius 2 is 1.61 bits per heavy atom. The summed E-state index contributed by atoms with van der Waals surface area (Å²) in [6, 6.07) is 14.9. The molecule has 1 amide bonds. The molecule has 12 nitrogen and oxygen atoms in total. The fourth-order valence-corrected chi connectivity index (χ4v) is 2.99. The van der Waals surface area contributed by atoms with E-state index in [4.69, 9.17) is 9.47 Å². The number of pyridine rings is 1. The summed E-state index contributed by atoms with van der Waals surface area (Å²) < 4.78 is 11.5. The molecule has 0 aliphatic carbocycles. The van der Waals surface area contributed by atoms with Crippen molar-refractivity contribution in [3.05, 3.63) is 98.2 Å². The van der Waals surface area contributed by atoms with E-state index in [0.29, 0.717) is 16.9 Å². The Balaban J connectivity index is 1.50. The van der Waals surface area contributed by atoms with E-state index < -0.39 is 16.1 Å². The number of ether oxygens (including phenoxy) is 2. The minimum atomic E-state index is -0.834. The van der Waals surface area contributed by atoms with Crippen molar-refractivity contribution in [2.45, 2.75) is 13.2 Å². The number of carbonyl (C=O) groups excluding carboxylic acids is 1. The first-order valence-electron chi connectivity index (χ1n) is 9.50. The molecule has 0 bridgehead atoms. The van der Waals surface area contributed by atoms with Gasteiger partial charge in [0.1, 0.15) is 11.9 Å². The van der Waals surface area contributed by atoms with Crippen LogP contribution in [0, 0.1) is 20.2 Å². The maximum Gasteiger partial charge on any atom is 0.287 e. The van der Waals surface area contributed by atoms with Gasteiger partial charge in [-0.05, 0) is 36.4 Å². The highest BCUT2D eigenvalue weighted by molar-refractivity contribution is 5.96. The Morgan fingerprint density at radius 3 is 2.15 bits per heavy atom. The van der Waals surface area contributed by atoms with Crippen LogP contribution in [0.3, 0.4) is 0 Å². The van der Waals surface area contributed by atoms with Gasteiger partial charge in [0.05, 0.1) is 9.85 Å². The van der Waals surface area contributed by atoms with Crippen molar-refractivity contribution in [1.82, 2.24) is 9.99 Å². The van der Waals surface area contributed by atoms with Crippen molar-refractivity contribution in [3.63, 3.8) is 0 Å². The largest absolute Gasteiger partial charge is 0.446 e. The number of nitro groups is 2. The lowest BCUT2D eigenvalue weighted by molar-refractivity contribution is -0.385. The summed E-state index contributed by atoms with van der Waals surface area (Å²) in [6.45, 7) is 1.34. The molecule has 0 N–H and O–H groups in total. The van der Waals surface area contributed by atoms with E-state index >= 15 is 0 Å². The first-order chi connectivity index (χ1) is 15.8. The number of rotatable bonds is 6. The third-order valence-electron chi connectivity index (χ3n) is 4.61. The van der Waals surface area contributed by atoms with Crippen molar-refractivity contribution in [2.24, 2.45) is 5.10 Å². The molecule has 0 saturated heterocycles. The molecule has 33 heavy (non-hydrogen) atoms. The predicted octanol–water partition coefficient (Wildman–Crippen LogP) is 3.93. The minimum Gasteiger partial charge on any atom is -0.446 e. The first-order valence-corrected chi connectivity index (χ1v) is 9.50. The maximum atomic E-state index is 12.1. The molecule has 3 aromatic rings. The molecule has 0 fully saturated rings. The highest BCUT2D eigenvalue weighted by atomic mass is 16.6. The number of benzene rings is 2. The molecule has 1 atom stereocenters. The number of aromatic nitrogens is 1. The number of amides is 1. The average Bonchev–Trinajstić information content (AvgIpc) is 3.26. The normalized spacial score (nSPS) is 14.9. The van der Waals surface area contributed by atoms with Gasteiger partial charge in [0.2, 0.25) is 23.9 Å². The molecule has 0 unspecified atom stereocenters. The Labute approximate surface area is 186 Å². The van der Waals surface area contributed by atoms with Gasteiger partial charge in [0, 0.05) is 42.3 Å². The standard InChI is InChI=1S/C21H15N5O7/c1-13(27)24-21(33-20(23-24)14-2-6-16(7-3-14)25(28)29)15-4-9-18(10-5-15)32-19-11-8-17(12-22-19)26(30)31/h2-12,21H,1H3/t21-/m0/s1. The highest BCUT2D eigenvalue weighted by Crippen LogP contribution is 2.32. The van der Waals surface area contributed by atoms with Crippen molar-refractivity contribution in [1.29, 1.82) is 0 Å². The Kier molecular flexibility index (Phi) is 5.64. The van der Waals surface area contributed by atoms with E-state index in [2.05, 4.69) is 10.1 Å². The van der Waals surface area contributed by atoms with Gasteiger partial charge in [-0.25, -0.2) is 4.98 Å². The highest BCUT2D eigenvalue weighted by Gasteiger charge is 2.33. The van der Waals surface area contributed by atoms with Gasteiger partial charge in [-0.15, -0.1) is 5.10 Å². The van der Waals surface area contributed by atoms with Gasteiger partial charge < -0.3 is 9.47 Å². The van der Waals surface area contributed by atoms with Crippen molar-refractivity contribution >= 4 is 23.2 Å². The third kappa shape index (κ3) is 4.58. The van der Waals surface area contributed by atoms with Crippen LogP contribution in [-0.4, -0.2) is 31.6 Å². The summed E-state index contributed by atoms with van der Waals surface area (Å²) in [7, 11) is 0. The zero-order valence-corrected chi connectivity index (χ0v) is 17.0. The quantitative estimate of drug-likeness (QED) is 0.406. The molecule has 1 aromatic heterocycles. The maximum absolute atomic E-state index is 12.1. The number of hydrogen-bond donors (Lipinski definition) is 0. The second-order valence-corrected chi connectivity index (χ2v) is 6.83. The van der Waals surface area contributed by atoms with Crippen LogP contribution in [0.2, 0.25) is 0 Å². The zero-order valence-electron chi connectivity index (χ0n) is 17.0. The van der Waals surface area contributed by atoms with Gasteiger partial charge in [-0.2, -0.15) is 5.01 Å². The van der Waals surface area contributed by atoms with Crippen LogP contribution in [0.4, 0.5) is 11.4 Å². The zero-order chi connectivity index (χ0) is 23.5. The van der Waals surface area contributed by atoms with Crippen molar-refractivity contribution in [2.75, 3.05) is 0 Å². The summed E-state index contributed by atoms with van der Waals surface area (Å²) in [6.07, 6.45) is 0.261. The van der Waals surface area contributed by atoms with Crippen LogP contribution in [0.1, 0.15) is 24.3 Å². The van der Waals surface area contributed by atoms with E-state index in [1.54, 1.807) is 24.3 Å². The molecule has 1 aliphatic heterocycles. The van der Waals surface area contributed by atoms with Crippen molar-refractivity contribution < 1.29 is 24.1 Å². The molecule has 0 spiro atoms. The van der Waals surface area contributed by atoms with Crippen LogP contribution < -0.4 is 4.74 Å². The molecule has 0 saturated carbocycles. The van der Waals surface area contributed by atoms with Crippen LogP contribution >= 0.6 is 0 Å². The Morgan fingerprint density at radius 1 is 0.970 bits per heavy atom. The van der Waals surface area contributed by atoms with Crippen LogP contribution in [0.5, 0.6) is 11.6 Å². The van der Waals surface area contributed by atoms with E-state index in [-0.39, 0.29) is 29.1 Å². The Bertz CT molecular complexity index is 1240. The molecule has 166 valence electrons. The molecule has 12 heteroatoms. The van der Waals surface area contributed by atoms with Gasteiger partial charge in [0.15, 0.2) is 0 Å². The number of hydrogen-bond acceptors (Lipinski definition) is 9. The molecule has 1 aliphatic rings. The second kappa shape index (κ2) is 8.70. The topological polar surface area (TPSA) is 150 Å². The van der Waals surface area contributed by atoms with Crippen molar-refractivity contribution in [3.8, 4) is 11.6 Å². The second-order valence-electron chi connectivity index (χ2n) is 6.83. The number of carbonyl (C=O) groups is 1. The molecule has 2 heterocycles. The number of nitro benzene ring substituents is 1. The minimum absolute atomic E-state index is 0.0737. The number of nitrogens with zero attached hydrogens (tertiary/aromatic N) is 5. The van der Waals surface area contributed by atoms with E-state index in [1.165, 1.54) is 48.3 Å². The molecular weight excluding hydrogens is 434 g/mol. The van der Waals surface area contributed by atoms with Gasteiger partial charge in [-0.3, -0.25) is 25.0 Å². The fraction of sp³-hybridized carbons (Fsp3) is 0.0952. The lowest BCUT2D eigenvalue weighted by Gasteiger charge is -2.19. The monoisotopic (exact) mass is 449 g/mol. The first kappa shape index (κ1) is 21.4. The molecular formula is C21H15N5O7. The lowest BCUT2D eigenvalue weighted by Crippen LogP contribution is -2.25. The lowest BCUT2D eigenvalue weighted by atomic mass is 10.2. The molecule has 4 rings (SSSR count). The van der Waals surface area contributed by atoms with Gasteiger partial charge in [-0.1, -0.05) is 0 Å². The summed E-state index contributed by atoms with van der Waals surface area (Å²) in [5.74, 6) is 0.399. The molecule has 0 radical (unpaired) electrons. The molecule has 2 aromatic carbocycles. The summed E-state index contributed by atoms with van der Waals surface area (Å²) >= 11 is 0. The number of non-ortho nitro benzene ring substituents is 1. The van der Waals surface area contributed by atoms with Gasteiger partial charge >= 0.3 is 0 Å². The van der Waals surface area contributed by atoms with Crippen LogP contribution in [0.15, 0.2) is 72.0 Å². The third-order valence-corrected chi connectivity index (χ3v) is 4.61. The van der Waals surface area contributed by atoms with E-state index in [0.717, 1.165) is 6.20 Å². The summed E-state index contributed by atoms with van der Waals surface area (Å²) in [5.41, 5.74) is 0.869. The van der Waals surface area contributed by atoms with Gasteiger partial charge in [0.25, 0.3) is 11.4 Å². The average molecular weight is 449 g/mol. The Hall–Kier alpha value is -4.87.